The second-order valence-corrected chi connectivity index (χ2v) is 13.2. The largest absolute Gasteiger partial charge is 0.457 e. The standard InChI is InChI=1S/C39H32N4O/c1-23-35-39(4,5)38(2,3)32-16-9-14-29-27-19-18-26(22-31(27)37(41-23)43(35)34(29)32)44-25-12-8-11-24(21-25)42-33-17-7-6-13-28(33)30-15-10-20-40-36(30)42/h6-22H,1-5H3. The zero-order valence-corrected chi connectivity index (χ0v) is 25.5. The van der Waals surface area contributed by atoms with Crippen molar-refractivity contribution >= 4 is 49.3 Å². The summed E-state index contributed by atoms with van der Waals surface area (Å²) in [5, 5.41) is 5.86. The summed E-state index contributed by atoms with van der Waals surface area (Å²) in [4.78, 5) is 9.96. The van der Waals surface area contributed by atoms with E-state index < -0.39 is 0 Å². The van der Waals surface area contributed by atoms with Crippen molar-refractivity contribution in [1.82, 2.24) is 18.9 Å². The van der Waals surface area contributed by atoms with Gasteiger partial charge in [-0.1, -0.05) is 70.2 Å². The van der Waals surface area contributed by atoms with Gasteiger partial charge in [0.2, 0.25) is 0 Å². The summed E-state index contributed by atoms with van der Waals surface area (Å²) in [6.45, 7) is 11.6. The summed E-state index contributed by atoms with van der Waals surface area (Å²) < 4.78 is 11.2. The van der Waals surface area contributed by atoms with E-state index in [0.717, 1.165) is 50.5 Å². The molecule has 4 aromatic carbocycles. The number of pyridine rings is 2. The minimum atomic E-state index is -0.0956. The molecule has 5 heterocycles. The first-order chi connectivity index (χ1) is 21.3. The normalized spacial score (nSPS) is 15.3. The first kappa shape index (κ1) is 25.3. The quantitative estimate of drug-likeness (QED) is 0.198. The van der Waals surface area contributed by atoms with E-state index >= 15 is 0 Å². The number of rotatable bonds is 3. The van der Waals surface area contributed by atoms with Gasteiger partial charge in [0.15, 0.2) is 0 Å². The number of imidazole rings is 1. The van der Waals surface area contributed by atoms with Crippen LogP contribution in [0.25, 0.3) is 54.9 Å². The molecular weight excluding hydrogens is 540 g/mol. The molecule has 0 aliphatic carbocycles. The summed E-state index contributed by atoms with van der Waals surface area (Å²) >= 11 is 0. The zero-order chi connectivity index (χ0) is 30.0. The van der Waals surface area contributed by atoms with Crippen molar-refractivity contribution in [2.45, 2.75) is 45.4 Å². The topological polar surface area (TPSA) is 44.3 Å². The van der Waals surface area contributed by atoms with Crippen LogP contribution in [0.3, 0.4) is 0 Å². The monoisotopic (exact) mass is 572 g/mol. The Morgan fingerprint density at radius 2 is 1.41 bits per heavy atom. The van der Waals surface area contributed by atoms with Crippen LogP contribution in [0.1, 0.15) is 44.6 Å². The molecule has 8 aromatic rings. The number of aryl methyl sites for hydroxylation is 1. The number of para-hydroxylation sites is 2. The molecule has 5 heteroatoms. The van der Waals surface area contributed by atoms with Gasteiger partial charge >= 0.3 is 0 Å². The second kappa shape index (κ2) is 8.48. The van der Waals surface area contributed by atoms with Gasteiger partial charge in [-0.15, -0.1) is 0 Å². The molecule has 0 saturated carbocycles. The van der Waals surface area contributed by atoms with E-state index in [9.17, 15) is 0 Å². The Bertz CT molecular complexity index is 2440. The van der Waals surface area contributed by atoms with Crippen molar-refractivity contribution in [3.8, 4) is 17.2 Å². The van der Waals surface area contributed by atoms with Gasteiger partial charge in [0, 0.05) is 44.6 Å². The lowest BCUT2D eigenvalue weighted by molar-refractivity contribution is 0.287. The van der Waals surface area contributed by atoms with Crippen molar-refractivity contribution in [3.05, 3.63) is 120 Å². The lowest BCUT2D eigenvalue weighted by Crippen LogP contribution is -2.44. The molecule has 0 amide bonds. The fourth-order valence-electron chi connectivity index (χ4n) is 7.68. The highest BCUT2D eigenvalue weighted by Crippen LogP contribution is 2.52. The van der Waals surface area contributed by atoms with Crippen molar-refractivity contribution in [2.75, 3.05) is 0 Å². The molecular formula is C39H32N4O. The molecule has 0 N–H and O–H groups in total. The number of hydrogen-bond acceptors (Lipinski definition) is 3. The van der Waals surface area contributed by atoms with Crippen LogP contribution in [0.5, 0.6) is 11.5 Å². The molecule has 44 heavy (non-hydrogen) atoms. The number of nitrogens with zero attached hydrogens (tertiary/aromatic N) is 4. The molecule has 0 unspecified atom stereocenters. The molecule has 0 fully saturated rings. The molecule has 0 saturated heterocycles. The number of benzene rings is 4. The van der Waals surface area contributed by atoms with Crippen molar-refractivity contribution in [3.63, 3.8) is 0 Å². The summed E-state index contributed by atoms with van der Waals surface area (Å²) in [5.74, 6) is 1.55. The van der Waals surface area contributed by atoms with E-state index in [-0.39, 0.29) is 10.8 Å². The third-order valence-corrected chi connectivity index (χ3v) is 10.4. The predicted octanol–water partition coefficient (Wildman–Crippen LogP) is 9.80. The average Bonchev–Trinajstić information content (AvgIpc) is 3.56. The molecule has 1 aliphatic heterocycles. The van der Waals surface area contributed by atoms with Crippen LogP contribution in [-0.2, 0) is 10.8 Å². The van der Waals surface area contributed by atoms with Crippen LogP contribution in [-0.4, -0.2) is 18.9 Å². The van der Waals surface area contributed by atoms with E-state index in [4.69, 9.17) is 14.7 Å². The van der Waals surface area contributed by atoms with E-state index in [1.807, 2.05) is 24.4 Å². The molecule has 1 aliphatic rings. The van der Waals surface area contributed by atoms with Crippen molar-refractivity contribution < 1.29 is 4.74 Å². The molecule has 0 spiro atoms. The zero-order valence-electron chi connectivity index (χ0n) is 25.5. The first-order valence-corrected chi connectivity index (χ1v) is 15.3. The van der Waals surface area contributed by atoms with Gasteiger partial charge in [0.05, 0.1) is 28.1 Å². The van der Waals surface area contributed by atoms with Gasteiger partial charge in [0.1, 0.15) is 22.8 Å². The van der Waals surface area contributed by atoms with Crippen LogP contribution in [0.2, 0.25) is 0 Å². The predicted molar refractivity (Wildman–Crippen MR) is 180 cm³/mol. The third-order valence-electron chi connectivity index (χ3n) is 10.4. The summed E-state index contributed by atoms with van der Waals surface area (Å²) in [5.41, 5.74) is 8.94. The summed E-state index contributed by atoms with van der Waals surface area (Å²) in [6.07, 6.45) is 1.85. The van der Waals surface area contributed by atoms with Gasteiger partial charge in [-0.2, -0.15) is 0 Å². The number of fused-ring (bicyclic) bond motifs is 6. The maximum Gasteiger partial charge on any atom is 0.145 e. The Kier molecular flexibility index (Phi) is 4.88. The van der Waals surface area contributed by atoms with Gasteiger partial charge in [-0.25, -0.2) is 9.97 Å². The molecule has 5 nitrogen and oxygen atoms in total. The van der Waals surface area contributed by atoms with Crippen molar-refractivity contribution in [2.24, 2.45) is 0 Å². The van der Waals surface area contributed by atoms with E-state index in [1.54, 1.807) is 0 Å². The molecule has 214 valence electrons. The lowest BCUT2D eigenvalue weighted by atomic mass is 9.60. The molecule has 4 aromatic heterocycles. The third kappa shape index (κ3) is 3.14. The van der Waals surface area contributed by atoms with E-state index in [2.05, 4.69) is 122 Å². The molecule has 0 bridgehead atoms. The maximum atomic E-state index is 6.59. The van der Waals surface area contributed by atoms with Crippen LogP contribution < -0.4 is 4.74 Å². The van der Waals surface area contributed by atoms with Crippen molar-refractivity contribution in [1.29, 1.82) is 0 Å². The van der Waals surface area contributed by atoms with Crippen LogP contribution in [0, 0.1) is 6.92 Å². The first-order valence-electron chi connectivity index (χ1n) is 15.3. The molecule has 9 rings (SSSR count). The summed E-state index contributed by atoms with van der Waals surface area (Å²) in [6, 6.07) is 34.0. The highest BCUT2D eigenvalue weighted by molar-refractivity contribution is 6.13. The Hall–Kier alpha value is -5.16. The number of aromatic nitrogens is 4. The fourth-order valence-corrected chi connectivity index (χ4v) is 7.68. The average molecular weight is 573 g/mol. The minimum Gasteiger partial charge on any atom is -0.457 e. The minimum absolute atomic E-state index is 0.0478. The Morgan fingerprint density at radius 3 is 2.30 bits per heavy atom. The second-order valence-electron chi connectivity index (χ2n) is 13.2. The Labute approximate surface area is 255 Å². The highest BCUT2D eigenvalue weighted by atomic mass is 16.5. The van der Waals surface area contributed by atoms with Gasteiger partial charge in [-0.3, -0.25) is 8.97 Å². The molecule has 0 radical (unpaired) electrons. The number of ether oxygens (including phenoxy) is 1. The van der Waals surface area contributed by atoms with E-state index in [0.29, 0.717) is 0 Å². The molecule has 0 atom stereocenters. The van der Waals surface area contributed by atoms with Crippen LogP contribution in [0.15, 0.2) is 103 Å². The van der Waals surface area contributed by atoms with Gasteiger partial charge in [0.25, 0.3) is 0 Å². The summed E-state index contributed by atoms with van der Waals surface area (Å²) in [7, 11) is 0. The van der Waals surface area contributed by atoms with Gasteiger partial charge < -0.3 is 4.74 Å². The van der Waals surface area contributed by atoms with Crippen LogP contribution in [0.4, 0.5) is 0 Å². The SMILES string of the molecule is Cc1nc2c3cc(Oc4cccc(-n5c6ccccc6c6cccnc65)c4)ccc3c3cccc4c3n2c1C(C)(C)C4(C)C. The smallest absolute Gasteiger partial charge is 0.145 e. The number of hydrogen-bond donors (Lipinski definition) is 0. The Morgan fingerprint density at radius 1 is 0.636 bits per heavy atom. The maximum absolute atomic E-state index is 6.59. The fraction of sp³-hybridized carbons (Fsp3) is 0.179. The van der Waals surface area contributed by atoms with Crippen LogP contribution >= 0.6 is 0 Å². The lowest BCUT2D eigenvalue weighted by Gasteiger charge is -2.46. The Balaban J connectivity index is 1.22. The van der Waals surface area contributed by atoms with Gasteiger partial charge in [-0.05, 0) is 66.4 Å². The van der Waals surface area contributed by atoms with E-state index in [1.165, 1.54) is 32.9 Å². The highest BCUT2D eigenvalue weighted by Gasteiger charge is 2.47.